The summed E-state index contributed by atoms with van der Waals surface area (Å²) < 4.78 is 2.05. The van der Waals surface area contributed by atoms with Gasteiger partial charge in [0.2, 0.25) is 0 Å². The summed E-state index contributed by atoms with van der Waals surface area (Å²) in [6.07, 6.45) is 4.77. The number of hydrazone groups is 1. The van der Waals surface area contributed by atoms with Crippen LogP contribution in [0.4, 0.5) is 0 Å². The van der Waals surface area contributed by atoms with Gasteiger partial charge in [-0.25, -0.2) is 5.43 Å². The molecule has 8 heteroatoms. The zero-order chi connectivity index (χ0) is 21.7. The Hall–Kier alpha value is -3.45. The van der Waals surface area contributed by atoms with E-state index in [1.54, 1.807) is 24.5 Å². The van der Waals surface area contributed by atoms with Gasteiger partial charge in [0.15, 0.2) is 0 Å². The van der Waals surface area contributed by atoms with Gasteiger partial charge in [0.25, 0.3) is 0 Å². The number of hydrogen-bond donors (Lipinski definition) is 2. The number of carbonyl (C=O) groups excluding carboxylic acids is 2. The maximum absolute atomic E-state index is 11.9. The van der Waals surface area contributed by atoms with Crippen LogP contribution in [0.5, 0.6) is 0 Å². The third-order valence-corrected chi connectivity index (χ3v) is 5.04. The highest BCUT2D eigenvalue weighted by molar-refractivity contribution is 6.35. The van der Waals surface area contributed by atoms with E-state index in [4.69, 9.17) is 11.6 Å². The largest absolute Gasteiger partial charge is 0.344 e. The van der Waals surface area contributed by atoms with E-state index in [2.05, 4.69) is 25.4 Å². The number of hydrogen-bond acceptors (Lipinski definition) is 4. The minimum atomic E-state index is -0.839. The molecule has 1 aromatic carbocycles. The molecule has 0 fully saturated rings. The van der Waals surface area contributed by atoms with Crippen LogP contribution in [0.1, 0.15) is 28.1 Å². The Balaban J connectivity index is 1.64. The molecule has 2 heterocycles. The molecule has 30 heavy (non-hydrogen) atoms. The van der Waals surface area contributed by atoms with Gasteiger partial charge in [-0.1, -0.05) is 23.7 Å². The number of pyridine rings is 1. The van der Waals surface area contributed by atoms with Crippen molar-refractivity contribution in [3.8, 4) is 5.69 Å². The van der Waals surface area contributed by atoms with Crippen molar-refractivity contribution < 1.29 is 9.59 Å². The Morgan fingerprint density at radius 1 is 1.17 bits per heavy atom. The summed E-state index contributed by atoms with van der Waals surface area (Å²) in [5.41, 5.74) is 7.75. The highest BCUT2D eigenvalue weighted by Gasteiger charge is 2.13. The van der Waals surface area contributed by atoms with Gasteiger partial charge in [-0.3, -0.25) is 14.6 Å². The van der Waals surface area contributed by atoms with Gasteiger partial charge in [-0.15, -0.1) is 0 Å². The van der Waals surface area contributed by atoms with Crippen molar-refractivity contribution in [2.45, 2.75) is 27.3 Å². The Bertz CT molecular complexity index is 1110. The van der Waals surface area contributed by atoms with E-state index in [0.29, 0.717) is 5.02 Å². The first-order valence-corrected chi connectivity index (χ1v) is 9.70. The number of nitrogens with one attached hydrogen (secondary N) is 2. The van der Waals surface area contributed by atoms with Crippen LogP contribution in [0.2, 0.25) is 5.02 Å². The van der Waals surface area contributed by atoms with Gasteiger partial charge in [0.05, 0.1) is 6.21 Å². The topological polar surface area (TPSA) is 88.4 Å². The average molecular weight is 424 g/mol. The maximum atomic E-state index is 11.9. The molecule has 3 rings (SSSR count). The van der Waals surface area contributed by atoms with Crippen molar-refractivity contribution in [1.82, 2.24) is 20.3 Å². The summed E-state index contributed by atoms with van der Waals surface area (Å²) in [6, 6.07) is 11.4. The van der Waals surface area contributed by atoms with Crippen molar-refractivity contribution in [2.24, 2.45) is 5.10 Å². The van der Waals surface area contributed by atoms with E-state index in [1.165, 1.54) is 6.21 Å². The number of carbonyl (C=O) groups is 2. The molecule has 0 saturated heterocycles. The average Bonchev–Trinajstić information content (AvgIpc) is 3.02. The second kappa shape index (κ2) is 9.37. The van der Waals surface area contributed by atoms with Crippen molar-refractivity contribution in [3.63, 3.8) is 0 Å². The van der Waals surface area contributed by atoms with Crippen molar-refractivity contribution in [1.29, 1.82) is 0 Å². The lowest BCUT2D eigenvalue weighted by molar-refractivity contribution is -0.139. The van der Waals surface area contributed by atoms with Crippen LogP contribution in [-0.2, 0) is 16.1 Å². The smallest absolute Gasteiger partial charge is 0.329 e. The molecule has 3 aromatic rings. The number of aryl methyl sites for hydroxylation is 2. The molecule has 0 saturated carbocycles. The van der Waals surface area contributed by atoms with Gasteiger partial charge in [-0.05, 0) is 56.2 Å². The fourth-order valence-electron chi connectivity index (χ4n) is 3.01. The quantitative estimate of drug-likeness (QED) is 0.375. The normalized spacial score (nSPS) is 10.9. The summed E-state index contributed by atoms with van der Waals surface area (Å²) in [5, 5.41) is 7.14. The van der Waals surface area contributed by atoms with Crippen molar-refractivity contribution in [3.05, 3.63) is 81.9 Å². The predicted molar refractivity (Wildman–Crippen MR) is 117 cm³/mol. The fourth-order valence-corrected chi connectivity index (χ4v) is 3.19. The highest BCUT2D eigenvalue weighted by Crippen LogP contribution is 2.24. The molecule has 0 aliphatic heterocycles. The van der Waals surface area contributed by atoms with E-state index in [0.717, 1.165) is 33.8 Å². The van der Waals surface area contributed by atoms with Crippen molar-refractivity contribution in [2.75, 3.05) is 0 Å². The van der Waals surface area contributed by atoms with E-state index in [-0.39, 0.29) is 6.54 Å². The zero-order valence-corrected chi connectivity index (χ0v) is 17.7. The summed E-state index contributed by atoms with van der Waals surface area (Å²) in [4.78, 5) is 27.8. The molecule has 0 unspecified atom stereocenters. The third-order valence-electron chi connectivity index (χ3n) is 4.64. The van der Waals surface area contributed by atoms with Gasteiger partial charge in [0, 0.05) is 46.6 Å². The molecule has 2 aromatic heterocycles. The Labute approximate surface area is 179 Å². The molecular weight excluding hydrogens is 402 g/mol. The molecule has 0 spiro atoms. The first-order valence-electron chi connectivity index (χ1n) is 9.32. The van der Waals surface area contributed by atoms with E-state index >= 15 is 0 Å². The van der Waals surface area contributed by atoms with Crippen LogP contribution < -0.4 is 10.7 Å². The maximum Gasteiger partial charge on any atom is 0.329 e. The first-order chi connectivity index (χ1) is 14.4. The van der Waals surface area contributed by atoms with E-state index < -0.39 is 11.8 Å². The van der Waals surface area contributed by atoms with Crippen LogP contribution in [0, 0.1) is 20.8 Å². The second-order valence-electron chi connectivity index (χ2n) is 6.84. The van der Waals surface area contributed by atoms with E-state index in [9.17, 15) is 9.59 Å². The molecule has 0 bridgehead atoms. The number of rotatable bonds is 5. The third kappa shape index (κ3) is 4.93. The summed E-state index contributed by atoms with van der Waals surface area (Å²) in [7, 11) is 0. The number of benzene rings is 1. The predicted octanol–water partition coefficient (Wildman–Crippen LogP) is 3.22. The number of amides is 2. The van der Waals surface area contributed by atoms with Gasteiger partial charge in [-0.2, -0.15) is 5.10 Å². The molecule has 2 amide bonds. The van der Waals surface area contributed by atoms with Crippen molar-refractivity contribution >= 4 is 29.6 Å². The van der Waals surface area contributed by atoms with Crippen LogP contribution in [0.3, 0.4) is 0 Å². The van der Waals surface area contributed by atoms with E-state index in [1.807, 2.05) is 45.0 Å². The SMILES string of the molecule is Cc1ccc(-n2c(C)cc(/C=N\NC(=O)C(=O)NCc3cccnc3)c2C)cc1Cl. The number of halogens is 1. The minimum Gasteiger partial charge on any atom is -0.344 e. The molecule has 0 aliphatic rings. The Morgan fingerprint density at radius 3 is 2.67 bits per heavy atom. The monoisotopic (exact) mass is 423 g/mol. The minimum absolute atomic E-state index is 0.212. The molecule has 0 atom stereocenters. The molecule has 0 aliphatic carbocycles. The second-order valence-corrected chi connectivity index (χ2v) is 7.25. The number of aromatic nitrogens is 2. The molecule has 154 valence electrons. The Kier molecular flexibility index (Phi) is 6.64. The highest BCUT2D eigenvalue weighted by atomic mass is 35.5. The summed E-state index contributed by atoms with van der Waals surface area (Å²) >= 11 is 6.26. The van der Waals surface area contributed by atoms with Gasteiger partial charge in [0.1, 0.15) is 0 Å². The lowest BCUT2D eigenvalue weighted by Gasteiger charge is -2.11. The van der Waals surface area contributed by atoms with Crippen LogP contribution in [0.25, 0.3) is 5.69 Å². The zero-order valence-electron chi connectivity index (χ0n) is 16.9. The molecule has 2 N–H and O–H groups in total. The lowest BCUT2D eigenvalue weighted by atomic mass is 10.2. The first kappa shape index (κ1) is 21.3. The van der Waals surface area contributed by atoms with Crippen LogP contribution >= 0.6 is 11.6 Å². The van der Waals surface area contributed by atoms with Gasteiger partial charge >= 0.3 is 11.8 Å². The van der Waals surface area contributed by atoms with Gasteiger partial charge < -0.3 is 9.88 Å². The summed E-state index contributed by atoms with van der Waals surface area (Å²) in [6.45, 7) is 6.09. The Morgan fingerprint density at radius 2 is 1.97 bits per heavy atom. The molecule has 0 radical (unpaired) electrons. The van der Waals surface area contributed by atoms with Crippen LogP contribution in [0.15, 0.2) is 53.9 Å². The standard InChI is InChI=1S/C22H22ClN5O2/c1-14-6-7-19(10-20(14)23)28-15(2)9-18(16(28)3)13-26-27-22(30)21(29)25-12-17-5-4-8-24-11-17/h4-11,13H,12H2,1-3H3,(H,25,29)(H,27,30)/b26-13-. The fraction of sp³-hybridized carbons (Fsp3) is 0.182. The summed E-state index contributed by atoms with van der Waals surface area (Å²) in [5.74, 6) is -1.61. The lowest BCUT2D eigenvalue weighted by Crippen LogP contribution is -2.37. The molecular formula is C22H22ClN5O2. The number of nitrogens with zero attached hydrogens (tertiary/aromatic N) is 3. The molecule has 7 nitrogen and oxygen atoms in total. The van der Waals surface area contributed by atoms with Crippen LogP contribution in [-0.4, -0.2) is 27.6 Å².